The molecule has 6 nitrogen and oxygen atoms in total. The zero-order chi connectivity index (χ0) is 44.7. The van der Waals surface area contributed by atoms with Gasteiger partial charge >= 0.3 is 17.1 Å². The zero-order valence-corrected chi connectivity index (χ0v) is 41.6. The summed E-state index contributed by atoms with van der Waals surface area (Å²) in [7, 11) is 0. The van der Waals surface area contributed by atoms with Crippen molar-refractivity contribution in [2.45, 2.75) is 290 Å². The summed E-state index contributed by atoms with van der Waals surface area (Å²) in [6, 6.07) is 0. The van der Waals surface area contributed by atoms with Gasteiger partial charge in [0.2, 0.25) is 0 Å². The minimum Gasteiger partial charge on any atom is -0.550 e. The first-order valence-electron chi connectivity index (χ1n) is 25.9. The molecule has 61 heavy (non-hydrogen) atoms. The van der Waals surface area contributed by atoms with Crippen LogP contribution in [-0.4, -0.2) is 17.9 Å². The molecule has 0 aliphatic carbocycles. The Hall–Kier alpha value is -1.85. The summed E-state index contributed by atoms with van der Waals surface area (Å²) in [6.07, 6.45) is 62.7. The Kier molecular flexibility index (Phi) is 67.3. The standard InChI is InChI=1S/3C18H34O2.Fe/c3*1-2-3-4-5-6-7-8-9-10-11-12-13-14-15-16-17-18(19)20;/h3*9-10H,2-8,11-17H2,1H3,(H,19,20);/q;;;+3/p-3/b3*10-9-;. The predicted octanol–water partition coefficient (Wildman–Crippen LogP) is 14.3. The molecule has 0 aliphatic heterocycles. The third kappa shape index (κ3) is 75.9. The molecule has 0 aromatic carbocycles. The van der Waals surface area contributed by atoms with Crippen LogP contribution in [0.15, 0.2) is 36.5 Å². The van der Waals surface area contributed by atoms with E-state index in [-0.39, 0.29) is 36.3 Å². The number of unbranched alkanes of at least 4 members (excludes halogenated alkanes) is 33. The summed E-state index contributed by atoms with van der Waals surface area (Å²) < 4.78 is 0. The van der Waals surface area contributed by atoms with Crippen LogP contribution in [0.3, 0.4) is 0 Å². The van der Waals surface area contributed by atoms with Gasteiger partial charge in [0.25, 0.3) is 0 Å². The maximum absolute atomic E-state index is 10.2. The number of allylic oxidation sites excluding steroid dienone is 6. The van der Waals surface area contributed by atoms with E-state index in [1.165, 1.54) is 193 Å². The normalized spacial score (nSPS) is 11.1. The molecule has 0 atom stereocenters. The van der Waals surface area contributed by atoms with Crippen LogP contribution < -0.4 is 15.3 Å². The van der Waals surface area contributed by atoms with Gasteiger partial charge in [-0.15, -0.1) is 0 Å². The molecule has 0 unspecified atom stereocenters. The monoisotopic (exact) mass is 900 g/mol. The molecule has 0 rings (SSSR count). The third-order valence-corrected chi connectivity index (χ3v) is 10.9. The number of carboxylic acids is 3. The molecular weight excluding hydrogens is 800 g/mol. The number of rotatable bonds is 45. The smallest absolute Gasteiger partial charge is 0.550 e. The number of aliphatic carboxylic acids is 3. The Balaban J connectivity index is -0.000000396. The Morgan fingerprint density at radius 2 is 0.410 bits per heavy atom. The second-order valence-electron chi connectivity index (χ2n) is 17.1. The van der Waals surface area contributed by atoms with Gasteiger partial charge in [-0.1, -0.05) is 211 Å². The van der Waals surface area contributed by atoms with Gasteiger partial charge in [0.1, 0.15) is 0 Å². The number of hydrogen-bond acceptors (Lipinski definition) is 6. The van der Waals surface area contributed by atoms with Crippen molar-refractivity contribution in [3.05, 3.63) is 36.5 Å². The van der Waals surface area contributed by atoms with Gasteiger partial charge < -0.3 is 29.7 Å². The van der Waals surface area contributed by atoms with Crippen LogP contribution >= 0.6 is 0 Å². The van der Waals surface area contributed by atoms with E-state index in [4.69, 9.17) is 0 Å². The molecule has 0 heterocycles. The van der Waals surface area contributed by atoms with Gasteiger partial charge in [0, 0.05) is 17.9 Å². The Morgan fingerprint density at radius 3 is 0.574 bits per heavy atom. The molecule has 0 aliphatic rings. The first-order chi connectivity index (χ1) is 29.3. The van der Waals surface area contributed by atoms with Crippen LogP contribution in [0.5, 0.6) is 0 Å². The van der Waals surface area contributed by atoms with E-state index >= 15 is 0 Å². The summed E-state index contributed by atoms with van der Waals surface area (Å²) in [6.45, 7) is 6.77. The molecule has 0 N–H and O–H groups in total. The van der Waals surface area contributed by atoms with Gasteiger partial charge in [0.15, 0.2) is 0 Å². The molecule has 0 amide bonds. The van der Waals surface area contributed by atoms with Gasteiger partial charge in [-0.3, -0.25) is 0 Å². The van der Waals surface area contributed by atoms with Crippen LogP contribution in [0.25, 0.3) is 0 Å². The predicted molar refractivity (Wildman–Crippen MR) is 253 cm³/mol. The average molecular weight is 900 g/mol. The summed E-state index contributed by atoms with van der Waals surface area (Å²) in [4.78, 5) is 30.6. The summed E-state index contributed by atoms with van der Waals surface area (Å²) >= 11 is 0. The molecule has 0 saturated carbocycles. The zero-order valence-electron chi connectivity index (χ0n) is 40.5. The van der Waals surface area contributed by atoms with E-state index < -0.39 is 17.9 Å². The van der Waals surface area contributed by atoms with Crippen molar-refractivity contribution in [3.63, 3.8) is 0 Å². The molecule has 0 aromatic rings. The SMILES string of the molecule is CCCCCCCC/C=C\CCCCCCCC(=O)[O-].CCCCCCCC/C=C\CCCCCCCC(=O)[O-].CCCCCCCC/C=C\CCCCCCCC(=O)[O-].[Fe+3]. The maximum Gasteiger partial charge on any atom is 3.00 e. The number of carbonyl (C=O) groups excluding carboxylic acids is 3. The maximum atomic E-state index is 10.2. The fraction of sp³-hybridized carbons (Fsp3) is 0.833. The van der Waals surface area contributed by atoms with Crippen molar-refractivity contribution in [1.29, 1.82) is 0 Å². The third-order valence-electron chi connectivity index (χ3n) is 10.9. The van der Waals surface area contributed by atoms with Crippen molar-refractivity contribution >= 4 is 17.9 Å². The first-order valence-corrected chi connectivity index (χ1v) is 25.9. The van der Waals surface area contributed by atoms with Gasteiger partial charge in [0.05, 0.1) is 0 Å². The molecule has 0 fully saturated rings. The van der Waals surface area contributed by atoms with E-state index in [0.717, 1.165) is 57.8 Å². The summed E-state index contributed by atoms with van der Waals surface area (Å²) in [5.74, 6) is -2.74. The van der Waals surface area contributed by atoms with E-state index in [0.29, 0.717) is 0 Å². The van der Waals surface area contributed by atoms with Crippen LogP contribution in [0.4, 0.5) is 0 Å². The minimum absolute atomic E-state index is 0. The van der Waals surface area contributed by atoms with Crippen molar-refractivity contribution in [2.75, 3.05) is 0 Å². The molecule has 0 bridgehead atoms. The fourth-order valence-corrected chi connectivity index (χ4v) is 7.02. The molecule has 0 aromatic heterocycles. The number of hydrogen-bond donors (Lipinski definition) is 0. The van der Waals surface area contributed by atoms with Gasteiger partial charge in [-0.05, 0) is 116 Å². The van der Waals surface area contributed by atoms with Gasteiger partial charge in [-0.2, -0.15) is 0 Å². The topological polar surface area (TPSA) is 120 Å². The quantitative estimate of drug-likeness (QED) is 0.0341. The molecular formula is C54H99FeO6. The number of carbonyl (C=O) groups is 3. The van der Waals surface area contributed by atoms with Crippen molar-refractivity contribution in [2.24, 2.45) is 0 Å². The average Bonchev–Trinajstić information content (AvgIpc) is 3.22. The second-order valence-corrected chi connectivity index (χ2v) is 17.1. The van der Waals surface area contributed by atoms with Crippen molar-refractivity contribution in [3.8, 4) is 0 Å². The second kappa shape index (κ2) is 62.4. The summed E-state index contributed by atoms with van der Waals surface area (Å²) in [5, 5.41) is 30.6. The van der Waals surface area contributed by atoms with E-state index in [2.05, 4.69) is 57.2 Å². The Bertz CT molecular complexity index is 827. The molecule has 7 heteroatoms. The summed E-state index contributed by atoms with van der Waals surface area (Å²) in [5.41, 5.74) is 0. The molecule has 1 radical (unpaired) electrons. The number of carboxylic acid groups (broad SMARTS) is 3. The minimum atomic E-state index is -0.914. The largest absolute Gasteiger partial charge is 3.00 e. The van der Waals surface area contributed by atoms with Crippen molar-refractivity contribution in [1.82, 2.24) is 0 Å². The van der Waals surface area contributed by atoms with Gasteiger partial charge in [-0.25, -0.2) is 0 Å². The van der Waals surface area contributed by atoms with Crippen LogP contribution in [0.1, 0.15) is 290 Å². The fourth-order valence-electron chi connectivity index (χ4n) is 7.02. The van der Waals surface area contributed by atoms with E-state index in [1.54, 1.807) is 0 Å². The molecule has 0 saturated heterocycles. The van der Waals surface area contributed by atoms with Crippen molar-refractivity contribution < 1.29 is 46.8 Å². The Morgan fingerprint density at radius 1 is 0.262 bits per heavy atom. The van der Waals surface area contributed by atoms with E-state index in [1.807, 2.05) is 0 Å². The van der Waals surface area contributed by atoms with Crippen LogP contribution in [0.2, 0.25) is 0 Å². The first kappa shape index (κ1) is 65.8. The Labute approximate surface area is 389 Å². The van der Waals surface area contributed by atoms with E-state index in [9.17, 15) is 29.7 Å². The van der Waals surface area contributed by atoms with Crippen LogP contribution in [0, 0.1) is 0 Å². The van der Waals surface area contributed by atoms with Crippen LogP contribution in [-0.2, 0) is 31.5 Å². The molecule has 0 spiro atoms. The molecule has 359 valence electrons.